The van der Waals surface area contributed by atoms with E-state index in [1.54, 1.807) is 42.6 Å². The van der Waals surface area contributed by atoms with Crippen LogP contribution in [-0.4, -0.2) is 23.3 Å². The molecule has 28 heavy (non-hydrogen) atoms. The van der Waals surface area contributed by atoms with Gasteiger partial charge >= 0.3 is 0 Å². The SMILES string of the molecule is Cc1ccc(/C=C(\NC(=O)c2ccccc2)C(=O)NCCc2ccccn2)o1. The molecule has 0 fully saturated rings. The maximum absolute atomic E-state index is 12.7. The van der Waals surface area contributed by atoms with Gasteiger partial charge in [0.05, 0.1) is 0 Å². The number of nitrogens with zero attached hydrogens (tertiary/aromatic N) is 1. The Bertz CT molecular complexity index is 963. The van der Waals surface area contributed by atoms with E-state index >= 15 is 0 Å². The van der Waals surface area contributed by atoms with Crippen LogP contribution in [0, 0.1) is 6.92 Å². The summed E-state index contributed by atoms with van der Waals surface area (Å²) >= 11 is 0. The third-order valence-electron chi connectivity index (χ3n) is 3.97. The van der Waals surface area contributed by atoms with Gasteiger partial charge < -0.3 is 15.1 Å². The van der Waals surface area contributed by atoms with Gasteiger partial charge in [-0.3, -0.25) is 14.6 Å². The summed E-state index contributed by atoms with van der Waals surface area (Å²) in [4.78, 5) is 29.4. The van der Waals surface area contributed by atoms with Crippen LogP contribution in [0.2, 0.25) is 0 Å². The molecule has 0 aliphatic rings. The summed E-state index contributed by atoms with van der Waals surface area (Å²) < 4.78 is 5.51. The molecule has 2 heterocycles. The van der Waals surface area contributed by atoms with Crippen LogP contribution in [-0.2, 0) is 11.2 Å². The minimum Gasteiger partial charge on any atom is -0.462 e. The lowest BCUT2D eigenvalue weighted by molar-refractivity contribution is -0.117. The first kappa shape index (κ1) is 19.1. The third-order valence-corrected chi connectivity index (χ3v) is 3.97. The van der Waals surface area contributed by atoms with Crippen LogP contribution in [0.15, 0.2) is 77.0 Å². The smallest absolute Gasteiger partial charge is 0.267 e. The highest BCUT2D eigenvalue weighted by Gasteiger charge is 2.15. The van der Waals surface area contributed by atoms with Gasteiger partial charge in [-0.1, -0.05) is 24.3 Å². The molecule has 6 nitrogen and oxygen atoms in total. The maximum atomic E-state index is 12.7. The Kier molecular flexibility index (Phi) is 6.36. The van der Waals surface area contributed by atoms with Crippen LogP contribution < -0.4 is 10.6 Å². The lowest BCUT2D eigenvalue weighted by Gasteiger charge is -2.10. The molecule has 0 aliphatic carbocycles. The van der Waals surface area contributed by atoms with E-state index in [0.717, 1.165) is 11.5 Å². The molecular weight excluding hydrogens is 354 g/mol. The van der Waals surface area contributed by atoms with Crippen molar-refractivity contribution in [2.24, 2.45) is 0 Å². The Morgan fingerprint density at radius 2 is 1.82 bits per heavy atom. The van der Waals surface area contributed by atoms with Crippen molar-refractivity contribution in [1.82, 2.24) is 15.6 Å². The zero-order chi connectivity index (χ0) is 19.8. The van der Waals surface area contributed by atoms with Crippen molar-refractivity contribution >= 4 is 17.9 Å². The van der Waals surface area contributed by atoms with E-state index in [0.29, 0.717) is 24.3 Å². The van der Waals surface area contributed by atoms with Gasteiger partial charge in [0.2, 0.25) is 0 Å². The number of hydrogen-bond acceptors (Lipinski definition) is 4. The fourth-order valence-electron chi connectivity index (χ4n) is 2.56. The van der Waals surface area contributed by atoms with Crippen molar-refractivity contribution < 1.29 is 14.0 Å². The van der Waals surface area contributed by atoms with Crippen molar-refractivity contribution in [1.29, 1.82) is 0 Å². The minimum absolute atomic E-state index is 0.115. The van der Waals surface area contributed by atoms with E-state index < -0.39 is 5.91 Å². The summed E-state index contributed by atoms with van der Waals surface area (Å²) in [7, 11) is 0. The summed E-state index contributed by atoms with van der Waals surface area (Å²) in [5, 5.41) is 5.49. The van der Waals surface area contributed by atoms with E-state index in [4.69, 9.17) is 4.42 Å². The fraction of sp³-hybridized carbons (Fsp3) is 0.136. The first-order chi connectivity index (χ1) is 13.6. The molecule has 0 aliphatic heterocycles. The number of amides is 2. The number of hydrogen-bond donors (Lipinski definition) is 2. The number of rotatable bonds is 7. The normalized spacial score (nSPS) is 11.1. The molecule has 2 aromatic heterocycles. The lowest BCUT2D eigenvalue weighted by Crippen LogP contribution is -2.35. The molecule has 2 amide bonds. The molecule has 0 saturated carbocycles. The summed E-state index contributed by atoms with van der Waals surface area (Å²) in [5.41, 5.74) is 1.46. The van der Waals surface area contributed by atoms with Crippen molar-refractivity contribution in [3.63, 3.8) is 0 Å². The van der Waals surface area contributed by atoms with Crippen molar-refractivity contribution in [2.75, 3.05) is 6.54 Å². The molecular formula is C22H21N3O3. The van der Waals surface area contributed by atoms with Gasteiger partial charge in [0, 0.05) is 36.5 Å². The Hall–Kier alpha value is -3.67. The molecule has 0 unspecified atom stereocenters. The number of aryl methyl sites for hydroxylation is 1. The van der Waals surface area contributed by atoms with Gasteiger partial charge in [0.25, 0.3) is 11.8 Å². The monoisotopic (exact) mass is 375 g/mol. The molecule has 3 aromatic rings. The maximum Gasteiger partial charge on any atom is 0.267 e. The highest BCUT2D eigenvalue weighted by Crippen LogP contribution is 2.11. The molecule has 2 N–H and O–H groups in total. The van der Waals surface area contributed by atoms with Crippen LogP contribution in [0.5, 0.6) is 0 Å². The van der Waals surface area contributed by atoms with E-state index in [9.17, 15) is 9.59 Å². The van der Waals surface area contributed by atoms with Crippen LogP contribution in [0.25, 0.3) is 6.08 Å². The molecule has 0 bridgehead atoms. The second kappa shape index (κ2) is 9.32. The van der Waals surface area contributed by atoms with E-state index in [-0.39, 0.29) is 11.6 Å². The van der Waals surface area contributed by atoms with Crippen LogP contribution in [0.3, 0.4) is 0 Å². The van der Waals surface area contributed by atoms with E-state index in [2.05, 4.69) is 15.6 Å². The van der Waals surface area contributed by atoms with Gasteiger partial charge in [0.1, 0.15) is 17.2 Å². The zero-order valence-corrected chi connectivity index (χ0v) is 15.5. The predicted molar refractivity (Wildman–Crippen MR) is 106 cm³/mol. The Morgan fingerprint density at radius 3 is 2.50 bits per heavy atom. The molecule has 142 valence electrons. The Balaban J connectivity index is 1.71. The number of furan rings is 1. The van der Waals surface area contributed by atoms with Crippen molar-refractivity contribution in [3.05, 3.63) is 95.3 Å². The predicted octanol–water partition coefficient (Wildman–Crippen LogP) is 3.11. The highest BCUT2D eigenvalue weighted by molar-refractivity contribution is 6.05. The van der Waals surface area contributed by atoms with Crippen molar-refractivity contribution in [2.45, 2.75) is 13.3 Å². The zero-order valence-electron chi connectivity index (χ0n) is 15.5. The molecule has 0 radical (unpaired) electrons. The van der Waals surface area contributed by atoms with Crippen molar-refractivity contribution in [3.8, 4) is 0 Å². The molecule has 0 spiro atoms. The van der Waals surface area contributed by atoms with Gasteiger partial charge in [-0.25, -0.2) is 0 Å². The van der Waals surface area contributed by atoms with E-state index in [1.807, 2.05) is 31.2 Å². The summed E-state index contributed by atoms with van der Waals surface area (Å²) in [6.07, 6.45) is 3.82. The molecule has 0 atom stereocenters. The summed E-state index contributed by atoms with van der Waals surface area (Å²) in [5.74, 6) is 0.445. The average Bonchev–Trinajstić information content (AvgIpc) is 3.13. The van der Waals surface area contributed by atoms with Crippen LogP contribution >= 0.6 is 0 Å². The molecule has 0 saturated heterocycles. The molecule has 3 rings (SSSR count). The molecule has 6 heteroatoms. The number of aromatic nitrogens is 1. The third kappa shape index (κ3) is 5.41. The van der Waals surface area contributed by atoms with E-state index in [1.165, 1.54) is 6.08 Å². The second-order valence-corrected chi connectivity index (χ2v) is 6.15. The highest BCUT2D eigenvalue weighted by atomic mass is 16.3. The van der Waals surface area contributed by atoms with Gasteiger partial charge in [-0.15, -0.1) is 0 Å². The van der Waals surface area contributed by atoms with Gasteiger partial charge in [-0.05, 0) is 43.3 Å². The summed E-state index contributed by atoms with van der Waals surface area (Å²) in [6, 6.07) is 17.9. The topological polar surface area (TPSA) is 84.2 Å². The number of nitrogens with one attached hydrogen (secondary N) is 2. The first-order valence-corrected chi connectivity index (χ1v) is 8.94. The standard InChI is InChI=1S/C22H21N3O3/c1-16-10-11-19(28-16)15-20(25-21(26)17-7-3-2-4-8-17)22(27)24-14-12-18-9-5-6-13-23-18/h2-11,13,15H,12,14H2,1H3,(H,24,27)(H,25,26)/b20-15-. The fourth-order valence-corrected chi connectivity index (χ4v) is 2.56. The number of benzene rings is 1. The average molecular weight is 375 g/mol. The van der Waals surface area contributed by atoms with Crippen LogP contribution in [0.4, 0.5) is 0 Å². The first-order valence-electron chi connectivity index (χ1n) is 8.94. The number of carbonyl (C=O) groups is 2. The minimum atomic E-state index is -0.394. The van der Waals surface area contributed by atoms with Gasteiger partial charge in [0.15, 0.2) is 0 Å². The quantitative estimate of drug-likeness (QED) is 0.622. The lowest BCUT2D eigenvalue weighted by atomic mass is 10.2. The number of pyridine rings is 1. The van der Waals surface area contributed by atoms with Gasteiger partial charge in [-0.2, -0.15) is 0 Å². The Labute approximate surface area is 163 Å². The van der Waals surface area contributed by atoms with Crippen LogP contribution in [0.1, 0.15) is 27.6 Å². The largest absolute Gasteiger partial charge is 0.462 e. The number of carbonyl (C=O) groups excluding carboxylic acids is 2. The second-order valence-electron chi connectivity index (χ2n) is 6.15. The summed E-state index contributed by atoms with van der Waals surface area (Å²) in [6.45, 7) is 2.21. The molecule has 1 aromatic carbocycles. The Morgan fingerprint density at radius 1 is 1.04 bits per heavy atom.